The predicted molar refractivity (Wildman–Crippen MR) is 99.4 cm³/mol. The van der Waals surface area contributed by atoms with E-state index in [0.717, 1.165) is 11.1 Å². The highest BCUT2D eigenvalue weighted by molar-refractivity contribution is 6.34. The van der Waals surface area contributed by atoms with Gasteiger partial charge in [0.15, 0.2) is 12.3 Å². The van der Waals surface area contributed by atoms with Gasteiger partial charge in [0, 0.05) is 0 Å². The van der Waals surface area contributed by atoms with Crippen LogP contribution in [-0.4, -0.2) is 28.5 Å². The van der Waals surface area contributed by atoms with Crippen molar-refractivity contribution in [1.29, 1.82) is 0 Å². The van der Waals surface area contributed by atoms with E-state index in [4.69, 9.17) is 16.3 Å². The normalized spacial score (nSPS) is 10.6. The van der Waals surface area contributed by atoms with E-state index < -0.39 is 18.5 Å². The molecule has 132 valence electrons. The van der Waals surface area contributed by atoms with Crippen LogP contribution in [0.15, 0.2) is 42.6 Å². The van der Waals surface area contributed by atoms with Gasteiger partial charge in [0.25, 0.3) is 5.91 Å². The van der Waals surface area contributed by atoms with Crippen LogP contribution < -0.4 is 5.32 Å². The van der Waals surface area contributed by atoms with Gasteiger partial charge in [-0.15, -0.1) is 0 Å². The van der Waals surface area contributed by atoms with Crippen LogP contribution in [0.25, 0.3) is 11.0 Å². The number of nitrogens with one attached hydrogen (secondary N) is 1. The summed E-state index contributed by atoms with van der Waals surface area (Å²) >= 11 is 6.15. The molecule has 0 radical (unpaired) electrons. The molecule has 0 aliphatic heterocycles. The Hall–Kier alpha value is -2.99. The number of para-hydroxylation sites is 2. The van der Waals surface area contributed by atoms with Crippen LogP contribution in [0.2, 0.25) is 5.02 Å². The maximum absolute atomic E-state index is 12.1. The highest BCUT2D eigenvalue weighted by Crippen LogP contribution is 2.27. The van der Waals surface area contributed by atoms with Crippen molar-refractivity contribution in [3.63, 3.8) is 0 Å². The van der Waals surface area contributed by atoms with Crippen molar-refractivity contribution in [2.24, 2.45) is 0 Å². The molecule has 0 atom stereocenters. The maximum Gasteiger partial charge on any atom is 0.359 e. The highest BCUT2D eigenvalue weighted by Gasteiger charge is 2.15. The van der Waals surface area contributed by atoms with E-state index in [9.17, 15) is 9.59 Å². The molecule has 0 aliphatic rings. The van der Waals surface area contributed by atoms with Gasteiger partial charge >= 0.3 is 5.97 Å². The summed E-state index contributed by atoms with van der Waals surface area (Å²) in [5.74, 6) is -1.20. The van der Waals surface area contributed by atoms with Crippen LogP contribution in [0.3, 0.4) is 0 Å². The van der Waals surface area contributed by atoms with Gasteiger partial charge in [0.2, 0.25) is 0 Å². The fourth-order valence-corrected chi connectivity index (χ4v) is 2.88. The molecule has 0 spiro atoms. The Morgan fingerprint density at radius 1 is 1.15 bits per heavy atom. The highest BCUT2D eigenvalue weighted by atomic mass is 35.5. The van der Waals surface area contributed by atoms with Crippen LogP contribution in [0.1, 0.15) is 21.6 Å². The fraction of sp³-hybridized carbons (Fsp3) is 0.158. The first-order valence-corrected chi connectivity index (χ1v) is 8.27. The molecule has 1 N–H and O–H groups in total. The Morgan fingerprint density at radius 2 is 1.88 bits per heavy atom. The third kappa shape index (κ3) is 3.97. The Labute approximate surface area is 155 Å². The first kappa shape index (κ1) is 17.8. The third-order valence-electron chi connectivity index (χ3n) is 3.69. The molecule has 0 saturated carbocycles. The zero-order valence-corrected chi connectivity index (χ0v) is 15.0. The van der Waals surface area contributed by atoms with Gasteiger partial charge in [-0.25, -0.2) is 9.78 Å². The summed E-state index contributed by atoms with van der Waals surface area (Å²) in [5.41, 5.74) is 3.62. The average Bonchev–Trinajstić information content (AvgIpc) is 2.62. The van der Waals surface area contributed by atoms with E-state index in [1.807, 2.05) is 26.0 Å². The van der Waals surface area contributed by atoms with Crippen molar-refractivity contribution >= 4 is 40.2 Å². The van der Waals surface area contributed by atoms with E-state index in [-0.39, 0.29) is 5.69 Å². The quantitative estimate of drug-likeness (QED) is 0.709. The van der Waals surface area contributed by atoms with Gasteiger partial charge in [0.05, 0.1) is 27.9 Å². The van der Waals surface area contributed by atoms with Gasteiger partial charge in [0.1, 0.15) is 0 Å². The summed E-state index contributed by atoms with van der Waals surface area (Å²) in [7, 11) is 0. The zero-order chi connectivity index (χ0) is 18.7. The number of hydrogen-bond acceptors (Lipinski definition) is 5. The first-order chi connectivity index (χ1) is 12.4. The number of carbonyl (C=O) groups excluding carboxylic acids is 2. The Kier molecular flexibility index (Phi) is 5.14. The van der Waals surface area contributed by atoms with Crippen LogP contribution in [0.4, 0.5) is 5.69 Å². The molecule has 0 aliphatic carbocycles. The number of carbonyl (C=O) groups is 2. The lowest BCUT2D eigenvalue weighted by Gasteiger charge is -2.11. The Bertz CT molecular complexity index is 981. The van der Waals surface area contributed by atoms with Crippen molar-refractivity contribution in [3.8, 4) is 0 Å². The third-order valence-corrected chi connectivity index (χ3v) is 3.99. The number of halogens is 1. The van der Waals surface area contributed by atoms with Crippen LogP contribution in [-0.2, 0) is 9.53 Å². The molecule has 0 unspecified atom stereocenters. The summed E-state index contributed by atoms with van der Waals surface area (Å²) in [4.78, 5) is 32.5. The molecule has 3 aromatic rings. The summed E-state index contributed by atoms with van der Waals surface area (Å²) in [6.07, 6.45) is 1.32. The number of fused-ring (bicyclic) bond motifs is 1. The minimum absolute atomic E-state index is 0.0426. The molecule has 1 heterocycles. The molecule has 1 aromatic heterocycles. The van der Waals surface area contributed by atoms with Crippen molar-refractivity contribution in [2.75, 3.05) is 11.9 Å². The standard InChI is InChI=1S/C19H16ClN3O3/c1-11-7-12(2)18(13(20)8-11)23-17(24)10-26-19(25)16-9-21-14-5-3-4-6-15(14)22-16/h3-9H,10H2,1-2H3,(H,23,24). The van der Waals surface area contributed by atoms with E-state index >= 15 is 0 Å². The molecule has 2 aromatic carbocycles. The lowest BCUT2D eigenvalue weighted by molar-refractivity contribution is -0.119. The summed E-state index contributed by atoms with van der Waals surface area (Å²) in [5, 5.41) is 3.09. The number of benzene rings is 2. The molecule has 0 fully saturated rings. The van der Waals surface area contributed by atoms with Crippen molar-refractivity contribution < 1.29 is 14.3 Å². The molecule has 0 bridgehead atoms. The number of esters is 1. The first-order valence-electron chi connectivity index (χ1n) is 7.89. The van der Waals surface area contributed by atoms with Crippen molar-refractivity contribution in [2.45, 2.75) is 13.8 Å². The van der Waals surface area contributed by atoms with Crippen LogP contribution in [0.5, 0.6) is 0 Å². The molecule has 7 heteroatoms. The van der Waals surface area contributed by atoms with Gasteiger partial charge in [-0.1, -0.05) is 29.8 Å². The number of rotatable bonds is 4. The van der Waals surface area contributed by atoms with Crippen LogP contribution in [0, 0.1) is 13.8 Å². The maximum atomic E-state index is 12.1. The zero-order valence-electron chi connectivity index (χ0n) is 14.2. The second kappa shape index (κ2) is 7.49. The number of anilines is 1. The van der Waals surface area contributed by atoms with Crippen molar-refractivity contribution in [3.05, 3.63) is 64.4 Å². The summed E-state index contributed by atoms with van der Waals surface area (Å²) in [6.45, 7) is 3.30. The SMILES string of the molecule is Cc1cc(C)c(NC(=O)COC(=O)c2cnc3ccccc3n2)c(Cl)c1. The number of nitrogens with zero attached hydrogens (tertiary/aromatic N) is 2. The molecule has 3 rings (SSSR count). The second-order valence-electron chi connectivity index (χ2n) is 5.81. The number of hydrogen-bond donors (Lipinski definition) is 1. The summed E-state index contributed by atoms with van der Waals surface area (Å²) in [6, 6.07) is 10.8. The van der Waals surface area contributed by atoms with Gasteiger partial charge in [-0.2, -0.15) is 0 Å². The van der Waals surface area contributed by atoms with E-state index in [0.29, 0.717) is 21.7 Å². The largest absolute Gasteiger partial charge is 0.451 e. The van der Waals surface area contributed by atoms with Gasteiger partial charge in [-0.05, 0) is 43.2 Å². The van der Waals surface area contributed by atoms with E-state index in [1.165, 1.54) is 6.20 Å². The molecule has 1 amide bonds. The second-order valence-corrected chi connectivity index (χ2v) is 6.21. The topological polar surface area (TPSA) is 81.2 Å². The smallest absolute Gasteiger partial charge is 0.359 e. The molecule has 0 saturated heterocycles. The van der Waals surface area contributed by atoms with Crippen molar-refractivity contribution in [1.82, 2.24) is 9.97 Å². The minimum Gasteiger partial charge on any atom is -0.451 e. The predicted octanol–water partition coefficient (Wildman–Crippen LogP) is 3.70. The number of aromatic nitrogens is 2. The molecular weight excluding hydrogens is 354 g/mol. The number of amides is 1. The Balaban J connectivity index is 1.64. The summed E-state index contributed by atoms with van der Waals surface area (Å²) < 4.78 is 5.02. The van der Waals surface area contributed by atoms with Crippen LogP contribution >= 0.6 is 11.6 Å². The van der Waals surface area contributed by atoms with Gasteiger partial charge < -0.3 is 10.1 Å². The number of aryl methyl sites for hydroxylation is 2. The monoisotopic (exact) mass is 369 g/mol. The minimum atomic E-state index is -0.717. The number of ether oxygens (including phenoxy) is 1. The Morgan fingerprint density at radius 3 is 2.62 bits per heavy atom. The molecule has 26 heavy (non-hydrogen) atoms. The lowest BCUT2D eigenvalue weighted by Crippen LogP contribution is -2.22. The average molecular weight is 370 g/mol. The van der Waals surface area contributed by atoms with E-state index in [1.54, 1.807) is 24.3 Å². The molecule has 6 nitrogen and oxygen atoms in total. The molecular formula is C19H16ClN3O3. The lowest BCUT2D eigenvalue weighted by atomic mass is 10.1. The van der Waals surface area contributed by atoms with Gasteiger partial charge in [-0.3, -0.25) is 9.78 Å². The van der Waals surface area contributed by atoms with E-state index in [2.05, 4.69) is 15.3 Å². The fourth-order valence-electron chi connectivity index (χ4n) is 2.51.